The van der Waals surface area contributed by atoms with Gasteiger partial charge in [-0.3, -0.25) is 9.59 Å². The van der Waals surface area contributed by atoms with Crippen LogP contribution in [0.3, 0.4) is 0 Å². The molecule has 2 aromatic carbocycles. The van der Waals surface area contributed by atoms with Gasteiger partial charge in [-0.1, -0.05) is 24.3 Å². The third-order valence-electron chi connectivity index (χ3n) is 3.44. The lowest BCUT2D eigenvalue weighted by Gasteiger charge is -2.17. The Kier molecular flexibility index (Phi) is 5.36. The first-order valence-electron chi connectivity index (χ1n) is 7.39. The Morgan fingerprint density at radius 2 is 1.83 bits per heavy atom. The number of benzene rings is 2. The van der Waals surface area contributed by atoms with Gasteiger partial charge in [0.15, 0.2) is 0 Å². The maximum absolute atomic E-state index is 12.3. The van der Waals surface area contributed by atoms with Crippen molar-refractivity contribution in [3.8, 4) is 5.75 Å². The summed E-state index contributed by atoms with van der Waals surface area (Å²) in [5.41, 5.74) is 1.22. The van der Waals surface area contributed by atoms with Gasteiger partial charge < -0.3 is 15.2 Å². The largest absolute Gasteiger partial charge is 0.508 e. The van der Waals surface area contributed by atoms with Gasteiger partial charge in [0.25, 0.3) is 5.91 Å². The van der Waals surface area contributed by atoms with Crippen LogP contribution < -0.4 is 5.32 Å². The fourth-order valence-corrected chi connectivity index (χ4v) is 2.29. The zero-order valence-electron chi connectivity index (χ0n) is 13.1. The van der Waals surface area contributed by atoms with Crippen molar-refractivity contribution in [1.82, 2.24) is 0 Å². The van der Waals surface area contributed by atoms with E-state index in [4.69, 9.17) is 4.74 Å². The van der Waals surface area contributed by atoms with Gasteiger partial charge in [0.2, 0.25) is 0 Å². The highest BCUT2D eigenvalue weighted by Gasteiger charge is 2.24. The smallest absolute Gasteiger partial charge is 0.313 e. The van der Waals surface area contributed by atoms with E-state index in [-0.39, 0.29) is 18.3 Å². The van der Waals surface area contributed by atoms with E-state index in [0.29, 0.717) is 16.8 Å². The number of carbonyl (C=O) groups is 2. The third kappa shape index (κ3) is 3.88. The van der Waals surface area contributed by atoms with Gasteiger partial charge in [-0.2, -0.15) is 0 Å². The van der Waals surface area contributed by atoms with E-state index in [1.54, 1.807) is 50.2 Å². The van der Waals surface area contributed by atoms with E-state index >= 15 is 0 Å². The number of amides is 1. The number of esters is 1. The van der Waals surface area contributed by atoms with Crippen LogP contribution in [0.25, 0.3) is 0 Å². The summed E-state index contributed by atoms with van der Waals surface area (Å²) in [6.45, 7) is 3.60. The molecule has 0 saturated carbocycles. The second-order valence-corrected chi connectivity index (χ2v) is 5.03. The Morgan fingerprint density at radius 3 is 2.48 bits per heavy atom. The summed E-state index contributed by atoms with van der Waals surface area (Å²) in [4.78, 5) is 24.2. The molecule has 0 fully saturated rings. The molecule has 1 amide bonds. The van der Waals surface area contributed by atoms with Crippen molar-refractivity contribution in [2.75, 3.05) is 11.9 Å². The molecular weight excluding hydrogens is 294 g/mol. The molecule has 5 nitrogen and oxygen atoms in total. The quantitative estimate of drug-likeness (QED) is 0.830. The first-order valence-corrected chi connectivity index (χ1v) is 7.39. The molecule has 0 saturated heterocycles. The van der Waals surface area contributed by atoms with Crippen molar-refractivity contribution in [2.24, 2.45) is 0 Å². The van der Waals surface area contributed by atoms with Crippen LogP contribution in [0.4, 0.5) is 5.69 Å². The zero-order chi connectivity index (χ0) is 16.8. The number of nitrogens with one attached hydrogen (secondary N) is 1. The van der Waals surface area contributed by atoms with E-state index in [1.807, 2.05) is 6.07 Å². The average Bonchev–Trinajstić information content (AvgIpc) is 2.55. The van der Waals surface area contributed by atoms with Crippen LogP contribution in [-0.4, -0.2) is 23.6 Å². The molecule has 0 aliphatic carbocycles. The molecule has 0 heterocycles. The van der Waals surface area contributed by atoms with Crippen molar-refractivity contribution in [3.05, 3.63) is 59.7 Å². The summed E-state index contributed by atoms with van der Waals surface area (Å²) in [6.07, 6.45) is 0. The molecule has 2 N–H and O–H groups in total. The Labute approximate surface area is 134 Å². The number of hydrogen-bond donors (Lipinski definition) is 2. The standard InChI is InChI=1S/C18H19NO4/c1-3-23-18(22)12(2)16-14(10-7-11-15(16)20)19-17(21)13-8-5-4-6-9-13/h4-12,20H,3H2,1-2H3,(H,19,21). The van der Waals surface area contributed by atoms with Crippen molar-refractivity contribution in [3.63, 3.8) is 0 Å². The van der Waals surface area contributed by atoms with E-state index in [2.05, 4.69) is 5.32 Å². The topological polar surface area (TPSA) is 75.6 Å². The molecule has 0 radical (unpaired) electrons. The van der Waals surface area contributed by atoms with Crippen LogP contribution in [-0.2, 0) is 9.53 Å². The summed E-state index contributed by atoms with van der Waals surface area (Å²) in [5, 5.41) is 12.8. The number of phenolic OH excluding ortho intramolecular Hbond substituents is 1. The summed E-state index contributed by atoms with van der Waals surface area (Å²) >= 11 is 0. The summed E-state index contributed by atoms with van der Waals surface area (Å²) in [7, 11) is 0. The number of hydrogen-bond acceptors (Lipinski definition) is 4. The second kappa shape index (κ2) is 7.45. The molecule has 0 bridgehead atoms. The predicted molar refractivity (Wildman–Crippen MR) is 87.6 cm³/mol. The number of aromatic hydroxyl groups is 1. The Balaban J connectivity index is 2.31. The van der Waals surface area contributed by atoms with Crippen LogP contribution in [0.5, 0.6) is 5.75 Å². The lowest BCUT2D eigenvalue weighted by Crippen LogP contribution is -2.18. The molecule has 0 spiro atoms. The van der Waals surface area contributed by atoms with Crippen LogP contribution in [0.1, 0.15) is 35.7 Å². The highest BCUT2D eigenvalue weighted by atomic mass is 16.5. The number of ether oxygens (including phenoxy) is 1. The molecule has 0 aliphatic rings. The maximum Gasteiger partial charge on any atom is 0.313 e. The second-order valence-electron chi connectivity index (χ2n) is 5.03. The normalized spacial score (nSPS) is 11.6. The van der Waals surface area contributed by atoms with Crippen molar-refractivity contribution in [2.45, 2.75) is 19.8 Å². The number of anilines is 1. The minimum atomic E-state index is -0.692. The molecule has 5 heteroatoms. The van der Waals surface area contributed by atoms with Crippen LogP contribution in [0, 0.1) is 0 Å². The number of rotatable bonds is 5. The van der Waals surface area contributed by atoms with Gasteiger partial charge in [0.1, 0.15) is 5.75 Å². The van der Waals surface area contributed by atoms with E-state index in [0.717, 1.165) is 0 Å². The average molecular weight is 313 g/mol. The molecule has 23 heavy (non-hydrogen) atoms. The van der Waals surface area contributed by atoms with Gasteiger partial charge in [-0.25, -0.2) is 0 Å². The van der Waals surface area contributed by atoms with Gasteiger partial charge in [-0.15, -0.1) is 0 Å². The predicted octanol–water partition coefficient (Wildman–Crippen LogP) is 3.31. The molecule has 1 atom stereocenters. The number of carbonyl (C=O) groups excluding carboxylic acids is 2. The van der Waals surface area contributed by atoms with Crippen molar-refractivity contribution in [1.29, 1.82) is 0 Å². The monoisotopic (exact) mass is 313 g/mol. The summed E-state index contributed by atoms with van der Waals surface area (Å²) in [5.74, 6) is -1.52. The first kappa shape index (κ1) is 16.5. The molecule has 2 aromatic rings. The molecule has 1 unspecified atom stereocenters. The lowest BCUT2D eigenvalue weighted by atomic mass is 9.97. The SMILES string of the molecule is CCOC(=O)C(C)c1c(O)cccc1NC(=O)c1ccccc1. The Morgan fingerprint density at radius 1 is 1.13 bits per heavy atom. The maximum atomic E-state index is 12.3. The third-order valence-corrected chi connectivity index (χ3v) is 3.44. The fraction of sp³-hybridized carbons (Fsp3) is 0.222. The molecule has 120 valence electrons. The highest BCUT2D eigenvalue weighted by molar-refractivity contribution is 6.05. The Bertz CT molecular complexity index is 697. The molecule has 2 rings (SSSR count). The Hall–Kier alpha value is -2.82. The van der Waals surface area contributed by atoms with Crippen molar-refractivity contribution < 1.29 is 19.4 Å². The van der Waals surface area contributed by atoms with Gasteiger partial charge in [-0.05, 0) is 38.1 Å². The van der Waals surface area contributed by atoms with E-state index in [9.17, 15) is 14.7 Å². The number of phenols is 1. The fourth-order valence-electron chi connectivity index (χ4n) is 2.29. The van der Waals surface area contributed by atoms with E-state index in [1.165, 1.54) is 6.07 Å². The molecule has 0 aliphatic heterocycles. The lowest BCUT2D eigenvalue weighted by molar-refractivity contribution is -0.144. The van der Waals surface area contributed by atoms with Crippen LogP contribution >= 0.6 is 0 Å². The van der Waals surface area contributed by atoms with Crippen LogP contribution in [0.15, 0.2) is 48.5 Å². The molecular formula is C18H19NO4. The first-order chi connectivity index (χ1) is 11.0. The highest BCUT2D eigenvalue weighted by Crippen LogP contribution is 2.33. The van der Waals surface area contributed by atoms with Gasteiger partial charge in [0.05, 0.1) is 12.5 Å². The van der Waals surface area contributed by atoms with Gasteiger partial charge in [0, 0.05) is 16.8 Å². The van der Waals surface area contributed by atoms with Gasteiger partial charge >= 0.3 is 5.97 Å². The van der Waals surface area contributed by atoms with Crippen LogP contribution in [0.2, 0.25) is 0 Å². The zero-order valence-corrected chi connectivity index (χ0v) is 13.1. The minimum absolute atomic E-state index is 0.0589. The van der Waals surface area contributed by atoms with E-state index < -0.39 is 11.9 Å². The molecule has 0 aromatic heterocycles. The minimum Gasteiger partial charge on any atom is -0.508 e. The van der Waals surface area contributed by atoms with Crippen molar-refractivity contribution >= 4 is 17.6 Å². The summed E-state index contributed by atoms with van der Waals surface area (Å²) < 4.78 is 4.99. The summed E-state index contributed by atoms with van der Waals surface area (Å²) in [6, 6.07) is 13.4.